The lowest BCUT2D eigenvalue weighted by Gasteiger charge is -2.22. The van der Waals surface area contributed by atoms with Crippen molar-refractivity contribution in [2.75, 3.05) is 7.05 Å². The Balaban J connectivity index is 2.01. The molecule has 0 saturated carbocycles. The number of nitrogens with zero attached hydrogens (tertiary/aromatic N) is 1. The van der Waals surface area contributed by atoms with Gasteiger partial charge in [0.25, 0.3) is 5.91 Å². The van der Waals surface area contributed by atoms with Crippen LogP contribution in [0.15, 0.2) is 48.5 Å². The van der Waals surface area contributed by atoms with E-state index in [1.54, 1.807) is 37.1 Å². The zero-order valence-electron chi connectivity index (χ0n) is 12.4. The summed E-state index contributed by atoms with van der Waals surface area (Å²) in [7, 11) is 1.74. The smallest absolute Gasteiger partial charge is 0.263 e. The quantitative estimate of drug-likeness (QED) is 0.808. The van der Waals surface area contributed by atoms with Crippen LogP contribution in [0.1, 0.15) is 12.5 Å². The average Bonchev–Trinajstić information content (AvgIpc) is 2.52. The fraction of sp³-hybridized carbons (Fsp3) is 0.235. The standard InChI is InChI=1S/C17H17Cl2NO2/c1-12(22-15-10-6-9-14(18)16(15)19)17(21)20(2)11-13-7-4-3-5-8-13/h3-10,12H,11H2,1-2H3. The van der Waals surface area contributed by atoms with Crippen molar-refractivity contribution in [3.63, 3.8) is 0 Å². The topological polar surface area (TPSA) is 29.5 Å². The fourth-order valence-electron chi connectivity index (χ4n) is 2.06. The number of hydrogen-bond donors (Lipinski definition) is 0. The van der Waals surface area contributed by atoms with E-state index in [1.165, 1.54) is 0 Å². The lowest BCUT2D eigenvalue weighted by atomic mass is 10.2. The van der Waals surface area contributed by atoms with Gasteiger partial charge in [-0.1, -0.05) is 59.6 Å². The van der Waals surface area contributed by atoms with Crippen LogP contribution in [0.25, 0.3) is 0 Å². The number of carbonyl (C=O) groups excluding carboxylic acids is 1. The van der Waals surface area contributed by atoms with E-state index in [4.69, 9.17) is 27.9 Å². The molecule has 0 N–H and O–H groups in total. The number of hydrogen-bond acceptors (Lipinski definition) is 2. The summed E-state index contributed by atoms with van der Waals surface area (Å²) < 4.78 is 5.64. The number of likely N-dealkylation sites (N-methyl/N-ethyl adjacent to an activating group) is 1. The molecule has 0 aliphatic rings. The van der Waals surface area contributed by atoms with Gasteiger partial charge in [-0.05, 0) is 24.6 Å². The summed E-state index contributed by atoms with van der Waals surface area (Å²) in [6.07, 6.45) is -0.648. The maximum absolute atomic E-state index is 12.4. The highest BCUT2D eigenvalue weighted by molar-refractivity contribution is 6.42. The van der Waals surface area contributed by atoms with E-state index in [9.17, 15) is 4.79 Å². The van der Waals surface area contributed by atoms with E-state index in [0.717, 1.165) is 5.56 Å². The van der Waals surface area contributed by atoms with Crippen LogP contribution < -0.4 is 4.74 Å². The van der Waals surface area contributed by atoms with Crippen LogP contribution in [0.4, 0.5) is 0 Å². The molecule has 0 saturated heterocycles. The van der Waals surface area contributed by atoms with Crippen LogP contribution in [0, 0.1) is 0 Å². The Bertz CT molecular complexity index is 646. The highest BCUT2D eigenvalue weighted by atomic mass is 35.5. The molecule has 2 aromatic carbocycles. The maximum atomic E-state index is 12.4. The van der Waals surface area contributed by atoms with Crippen molar-refractivity contribution in [1.82, 2.24) is 4.90 Å². The lowest BCUT2D eigenvalue weighted by molar-refractivity contribution is -0.137. The Morgan fingerprint density at radius 1 is 1.14 bits per heavy atom. The minimum absolute atomic E-state index is 0.125. The first-order chi connectivity index (χ1) is 10.5. The van der Waals surface area contributed by atoms with E-state index < -0.39 is 6.10 Å². The Morgan fingerprint density at radius 3 is 2.50 bits per heavy atom. The van der Waals surface area contributed by atoms with Crippen LogP contribution in [-0.4, -0.2) is 24.0 Å². The number of ether oxygens (including phenoxy) is 1. The second-order valence-electron chi connectivity index (χ2n) is 4.99. The summed E-state index contributed by atoms with van der Waals surface area (Å²) in [5.74, 6) is 0.281. The van der Waals surface area contributed by atoms with Crippen LogP contribution in [0.2, 0.25) is 10.0 Å². The molecule has 0 heterocycles. The van der Waals surface area contributed by atoms with Gasteiger partial charge < -0.3 is 9.64 Å². The molecule has 1 atom stereocenters. The molecule has 22 heavy (non-hydrogen) atoms. The van der Waals surface area contributed by atoms with Gasteiger partial charge in [-0.25, -0.2) is 0 Å². The molecule has 5 heteroatoms. The first-order valence-electron chi connectivity index (χ1n) is 6.88. The summed E-state index contributed by atoms with van der Waals surface area (Å²) in [5.41, 5.74) is 1.06. The Morgan fingerprint density at radius 2 is 1.82 bits per heavy atom. The molecule has 1 unspecified atom stereocenters. The zero-order chi connectivity index (χ0) is 16.1. The molecule has 116 valence electrons. The van der Waals surface area contributed by atoms with E-state index in [1.807, 2.05) is 30.3 Å². The number of halogens is 2. The van der Waals surface area contributed by atoms with Crippen LogP contribution >= 0.6 is 23.2 Å². The molecule has 0 aliphatic carbocycles. The molecular weight excluding hydrogens is 321 g/mol. The van der Waals surface area contributed by atoms with Gasteiger partial charge in [0, 0.05) is 13.6 Å². The predicted octanol–water partition coefficient (Wildman–Crippen LogP) is 4.42. The van der Waals surface area contributed by atoms with Crippen molar-refractivity contribution in [2.24, 2.45) is 0 Å². The third kappa shape index (κ3) is 4.15. The van der Waals surface area contributed by atoms with Crippen molar-refractivity contribution >= 4 is 29.1 Å². The van der Waals surface area contributed by atoms with Crippen LogP contribution in [0.3, 0.4) is 0 Å². The average molecular weight is 338 g/mol. The van der Waals surface area contributed by atoms with E-state index >= 15 is 0 Å². The first-order valence-corrected chi connectivity index (χ1v) is 7.64. The molecule has 0 radical (unpaired) electrons. The highest BCUT2D eigenvalue weighted by Crippen LogP contribution is 2.32. The van der Waals surface area contributed by atoms with Gasteiger partial charge in [0.05, 0.1) is 5.02 Å². The minimum atomic E-state index is -0.648. The van der Waals surface area contributed by atoms with Crippen LogP contribution in [0.5, 0.6) is 5.75 Å². The number of rotatable bonds is 5. The van der Waals surface area contributed by atoms with Gasteiger partial charge in [0.2, 0.25) is 0 Å². The molecule has 1 amide bonds. The summed E-state index contributed by atoms with van der Waals surface area (Å²) in [5, 5.41) is 0.714. The first kappa shape index (κ1) is 16.7. The van der Waals surface area contributed by atoms with Crippen molar-refractivity contribution in [3.05, 3.63) is 64.1 Å². The highest BCUT2D eigenvalue weighted by Gasteiger charge is 2.20. The fourth-order valence-corrected chi connectivity index (χ4v) is 2.40. The Kier molecular flexibility index (Phi) is 5.69. The normalized spacial score (nSPS) is 11.8. The van der Waals surface area contributed by atoms with Gasteiger partial charge in [-0.3, -0.25) is 4.79 Å². The van der Waals surface area contributed by atoms with Crippen molar-refractivity contribution in [2.45, 2.75) is 19.6 Å². The van der Waals surface area contributed by atoms with E-state index in [2.05, 4.69) is 0 Å². The number of amides is 1. The van der Waals surface area contributed by atoms with Gasteiger partial charge in [-0.15, -0.1) is 0 Å². The molecule has 2 rings (SSSR count). The molecule has 0 aliphatic heterocycles. The van der Waals surface area contributed by atoms with Crippen molar-refractivity contribution < 1.29 is 9.53 Å². The third-order valence-electron chi connectivity index (χ3n) is 3.21. The van der Waals surface area contributed by atoms with Gasteiger partial charge in [-0.2, -0.15) is 0 Å². The Labute approximate surface area is 140 Å². The van der Waals surface area contributed by atoms with Gasteiger partial charge in [0.1, 0.15) is 10.8 Å². The largest absolute Gasteiger partial charge is 0.479 e. The maximum Gasteiger partial charge on any atom is 0.263 e. The second kappa shape index (κ2) is 7.52. The second-order valence-corrected chi connectivity index (χ2v) is 5.78. The monoisotopic (exact) mass is 337 g/mol. The zero-order valence-corrected chi connectivity index (χ0v) is 13.9. The predicted molar refractivity (Wildman–Crippen MR) is 89.5 cm³/mol. The van der Waals surface area contributed by atoms with Gasteiger partial charge in [0.15, 0.2) is 6.10 Å². The summed E-state index contributed by atoms with van der Waals surface area (Å²) in [6.45, 7) is 2.22. The summed E-state index contributed by atoms with van der Waals surface area (Å²) in [6, 6.07) is 14.9. The molecule has 0 aromatic heterocycles. The number of benzene rings is 2. The van der Waals surface area contributed by atoms with Gasteiger partial charge >= 0.3 is 0 Å². The summed E-state index contributed by atoms with van der Waals surface area (Å²) in [4.78, 5) is 14.0. The minimum Gasteiger partial charge on any atom is -0.479 e. The molecule has 3 nitrogen and oxygen atoms in total. The molecule has 0 bridgehead atoms. The summed E-state index contributed by atoms with van der Waals surface area (Å²) >= 11 is 12.0. The van der Waals surface area contributed by atoms with E-state index in [-0.39, 0.29) is 5.91 Å². The van der Waals surface area contributed by atoms with Crippen molar-refractivity contribution in [3.8, 4) is 5.75 Å². The molecule has 0 fully saturated rings. The molecule has 0 spiro atoms. The number of carbonyl (C=O) groups is 1. The third-order valence-corrected chi connectivity index (χ3v) is 4.01. The SMILES string of the molecule is CC(Oc1cccc(Cl)c1Cl)C(=O)N(C)Cc1ccccc1. The molecular formula is C17H17Cl2NO2. The van der Waals surface area contributed by atoms with E-state index in [0.29, 0.717) is 22.3 Å². The molecule has 2 aromatic rings. The lowest BCUT2D eigenvalue weighted by Crippen LogP contribution is -2.37. The van der Waals surface area contributed by atoms with Crippen LogP contribution in [-0.2, 0) is 11.3 Å². The van der Waals surface area contributed by atoms with Crippen molar-refractivity contribution in [1.29, 1.82) is 0 Å². The Hall–Kier alpha value is -1.71.